The Morgan fingerprint density at radius 1 is 1.78 bits per heavy atom. The molecule has 0 aliphatic carbocycles. The van der Waals surface area contributed by atoms with Crippen LogP contribution in [-0.2, 0) is 4.65 Å². The highest BCUT2D eigenvalue weighted by atomic mass is 16.5. The second-order valence-electron chi connectivity index (χ2n) is 1.85. The van der Waals surface area contributed by atoms with Gasteiger partial charge in [-0.15, -0.1) is 6.58 Å². The van der Waals surface area contributed by atoms with Gasteiger partial charge in [0, 0.05) is 6.61 Å². The first kappa shape index (κ1) is 8.72. The number of unbranched alkanes of at least 4 members (excludes halogenated alkanes) is 1. The summed E-state index contributed by atoms with van der Waals surface area (Å²) < 4.78 is 4.87. The minimum atomic E-state index is -0.781. The first-order chi connectivity index (χ1) is 4.31. The van der Waals surface area contributed by atoms with Crippen molar-refractivity contribution in [2.75, 3.05) is 6.61 Å². The zero-order chi connectivity index (χ0) is 7.11. The van der Waals surface area contributed by atoms with E-state index >= 15 is 0 Å². The summed E-state index contributed by atoms with van der Waals surface area (Å²) in [7, 11) is -0.781. The molecule has 0 rings (SSSR count). The molecule has 0 atom stereocenters. The maximum Gasteiger partial charge on any atom is 0.482 e. The zero-order valence-corrected chi connectivity index (χ0v) is 5.84. The maximum atomic E-state index is 8.74. The van der Waals surface area contributed by atoms with Gasteiger partial charge in [-0.05, 0) is 6.42 Å². The van der Waals surface area contributed by atoms with Crippen LogP contribution in [0.5, 0.6) is 0 Å². The summed E-state index contributed by atoms with van der Waals surface area (Å²) in [6.07, 6.45) is 2.08. The minimum Gasteiger partial charge on any atom is -0.423 e. The number of hydrogen-bond acceptors (Lipinski definition) is 2. The summed E-state index contributed by atoms with van der Waals surface area (Å²) in [6, 6.07) is 0. The van der Waals surface area contributed by atoms with Crippen LogP contribution in [0.1, 0.15) is 19.8 Å². The molecular formula is C6H13BO2. The molecular weight excluding hydrogens is 115 g/mol. The Kier molecular flexibility index (Phi) is 5.68. The van der Waals surface area contributed by atoms with Crippen molar-refractivity contribution >= 4 is 7.12 Å². The molecule has 0 aromatic carbocycles. The van der Waals surface area contributed by atoms with Crippen molar-refractivity contribution < 1.29 is 9.68 Å². The molecule has 1 N–H and O–H groups in total. The van der Waals surface area contributed by atoms with Gasteiger partial charge in [0.25, 0.3) is 0 Å². The Morgan fingerprint density at radius 3 is 2.89 bits per heavy atom. The summed E-state index contributed by atoms with van der Waals surface area (Å²) in [5, 5.41) is 8.74. The van der Waals surface area contributed by atoms with Gasteiger partial charge in [0.15, 0.2) is 0 Å². The molecule has 0 spiro atoms. The topological polar surface area (TPSA) is 29.5 Å². The van der Waals surface area contributed by atoms with Gasteiger partial charge in [-0.1, -0.05) is 19.3 Å². The van der Waals surface area contributed by atoms with Crippen LogP contribution in [0, 0.1) is 0 Å². The predicted molar refractivity (Wildman–Crippen MR) is 39.0 cm³/mol. The predicted octanol–water partition coefficient (Wildman–Crippen LogP) is 1.01. The molecule has 0 amide bonds. The Labute approximate surface area is 56.7 Å². The summed E-state index contributed by atoms with van der Waals surface area (Å²) >= 11 is 0. The van der Waals surface area contributed by atoms with Gasteiger partial charge >= 0.3 is 7.12 Å². The monoisotopic (exact) mass is 128 g/mol. The fourth-order valence-electron chi connectivity index (χ4n) is 0.416. The van der Waals surface area contributed by atoms with Crippen LogP contribution in [0.15, 0.2) is 12.6 Å². The van der Waals surface area contributed by atoms with Crippen LogP contribution in [0.25, 0.3) is 0 Å². The quantitative estimate of drug-likeness (QED) is 0.442. The largest absolute Gasteiger partial charge is 0.482 e. The average molecular weight is 128 g/mol. The summed E-state index contributed by atoms with van der Waals surface area (Å²) in [5.41, 5.74) is 0. The van der Waals surface area contributed by atoms with Crippen LogP contribution in [0.2, 0.25) is 0 Å². The molecule has 0 aromatic heterocycles. The lowest BCUT2D eigenvalue weighted by Gasteiger charge is -2.00. The fraction of sp³-hybridized carbons (Fsp3) is 0.667. The summed E-state index contributed by atoms with van der Waals surface area (Å²) in [5.74, 6) is 1.37. The average Bonchev–Trinajstić information content (AvgIpc) is 1.89. The third-order valence-corrected chi connectivity index (χ3v) is 0.988. The van der Waals surface area contributed by atoms with Crippen LogP contribution in [-0.4, -0.2) is 18.7 Å². The van der Waals surface area contributed by atoms with Gasteiger partial charge in [-0.3, -0.25) is 0 Å². The summed E-state index contributed by atoms with van der Waals surface area (Å²) in [4.78, 5) is 0. The van der Waals surface area contributed by atoms with Crippen molar-refractivity contribution in [2.45, 2.75) is 19.8 Å². The molecule has 0 radical (unpaired) electrons. The van der Waals surface area contributed by atoms with E-state index in [0.717, 1.165) is 12.8 Å². The number of rotatable bonds is 5. The Hall–Kier alpha value is -0.275. The normalized spacial score (nSPS) is 9.11. The molecule has 0 aromatic rings. The highest BCUT2D eigenvalue weighted by molar-refractivity contribution is 6.48. The molecule has 52 valence electrons. The van der Waals surface area contributed by atoms with Gasteiger partial charge in [0.2, 0.25) is 0 Å². The molecule has 0 aliphatic rings. The third-order valence-electron chi connectivity index (χ3n) is 0.988. The zero-order valence-electron chi connectivity index (χ0n) is 5.84. The van der Waals surface area contributed by atoms with E-state index in [-0.39, 0.29) is 0 Å². The number of hydrogen-bond donors (Lipinski definition) is 1. The third kappa shape index (κ3) is 5.60. The van der Waals surface area contributed by atoms with Crippen LogP contribution in [0.4, 0.5) is 0 Å². The van der Waals surface area contributed by atoms with Crippen molar-refractivity contribution in [3.8, 4) is 0 Å². The Bertz CT molecular complexity index is 75.5. The second kappa shape index (κ2) is 5.85. The molecule has 0 saturated heterocycles. The fourth-order valence-corrected chi connectivity index (χ4v) is 0.416. The van der Waals surface area contributed by atoms with Crippen molar-refractivity contribution in [3.63, 3.8) is 0 Å². The highest BCUT2D eigenvalue weighted by Crippen LogP contribution is 1.89. The van der Waals surface area contributed by atoms with E-state index in [4.69, 9.17) is 9.68 Å². The lowest BCUT2D eigenvalue weighted by molar-refractivity contribution is 0.263. The van der Waals surface area contributed by atoms with Crippen LogP contribution < -0.4 is 0 Å². The van der Waals surface area contributed by atoms with Gasteiger partial charge < -0.3 is 9.68 Å². The first-order valence-electron chi connectivity index (χ1n) is 3.23. The van der Waals surface area contributed by atoms with Gasteiger partial charge in [-0.2, -0.15) is 0 Å². The molecule has 0 bridgehead atoms. The Balaban J connectivity index is 2.96. The minimum absolute atomic E-state index is 0.615. The van der Waals surface area contributed by atoms with E-state index in [1.54, 1.807) is 0 Å². The van der Waals surface area contributed by atoms with Crippen molar-refractivity contribution in [2.24, 2.45) is 0 Å². The molecule has 9 heavy (non-hydrogen) atoms. The van der Waals surface area contributed by atoms with E-state index in [1.165, 1.54) is 5.98 Å². The molecule has 0 saturated carbocycles. The lowest BCUT2D eigenvalue weighted by Crippen LogP contribution is -2.14. The molecule has 3 heteroatoms. The smallest absolute Gasteiger partial charge is 0.423 e. The van der Waals surface area contributed by atoms with Crippen molar-refractivity contribution in [1.29, 1.82) is 0 Å². The summed E-state index contributed by atoms with van der Waals surface area (Å²) in [6.45, 7) is 6.05. The maximum absolute atomic E-state index is 8.74. The van der Waals surface area contributed by atoms with Gasteiger partial charge in [0.05, 0.1) is 0 Å². The van der Waals surface area contributed by atoms with E-state index in [0.29, 0.717) is 6.61 Å². The first-order valence-corrected chi connectivity index (χ1v) is 3.23. The SMILES string of the molecule is C=CB(O)OCCCC. The molecule has 0 unspecified atom stereocenters. The van der Waals surface area contributed by atoms with E-state index in [1.807, 2.05) is 0 Å². The van der Waals surface area contributed by atoms with Crippen LogP contribution >= 0.6 is 0 Å². The molecule has 0 heterocycles. The van der Waals surface area contributed by atoms with Crippen molar-refractivity contribution in [1.82, 2.24) is 0 Å². The van der Waals surface area contributed by atoms with Crippen LogP contribution in [0.3, 0.4) is 0 Å². The van der Waals surface area contributed by atoms with E-state index < -0.39 is 7.12 Å². The molecule has 0 aliphatic heterocycles. The van der Waals surface area contributed by atoms with E-state index in [2.05, 4.69) is 13.5 Å². The van der Waals surface area contributed by atoms with Gasteiger partial charge in [-0.25, -0.2) is 0 Å². The molecule has 0 fully saturated rings. The second-order valence-corrected chi connectivity index (χ2v) is 1.85. The lowest BCUT2D eigenvalue weighted by atomic mass is 9.92. The van der Waals surface area contributed by atoms with Crippen molar-refractivity contribution in [3.05, 3.63) is 12.6 Å². The van der Waals surface area contributed by atoms with E-state index in [9.17, 15) is 0 Å². The standard InChI is InChI=1S/C6H13BO2/c1-3-5-6-9-7(8)4-2/h4,8H,2-3,5-6H2,1H3. The highest BCUT2D eigenvalue weighted by Gasteiger charge is 2.03. The Morgan fingerprint density at radius 2 is 2.44 bits per heavy atom. The molecule has 2 nitrogen and oxygen atoms in total. The van der Waals surface area contributed by atoms with Gasteiger partial charge in [0.1, 0.15) is 0 Å².